The Hall–Kier alpha value is -0.300. The normalized spacial score (nSPS) is 30.8. The summed E-state index contributed by atoms with van der Waals surface area (Å²) in [5.74, 6) is 1.87. The van der Waals surface area contributed by atoms with Gasteiger partial charge in [-0.1, -0.05) is 19.9 Å². The van der Waals surface area contributed by atoms with Gasteiger partial charge in [0.2, 0.25) is 0 Å². The Morgan fingerprint density at radius 3 is 2.18 bits per heavy atom. The van der Waals surface area contributed by atoms with E-state index in [2.05, 4.69) is 40.7 Å². The van der Waals surface area contributed by atoms with Crippen molar-refractivity contribution in [3.63, 3.8) is 0 Å². The average molecular weight is 236 g/mol. The van der Waals surface area contributed by atoms with Crippen LogP contribution in [-0.2, 0) is 0 Å². The second-order valence-corrected chi connectivity index (χ2v) is 6.77. The summed E-state index contributed by atoms with van der Waals surface area (Å²) in [6.45, 7) is 17.2. The fraction of sp³-hybridized carbons (Fsp3) is 0.875. The van der Waals surface area contributed by atoms with Gasteiger partial charge < -0.3 is 4.48 Å². The van der Waals surface area contributed by atoms with E-state index in [4.69, 9.17) is 0 Å². The molecule has 3 aliphatic carbocycles. The molecule has 0 aliphatic heterocycles. The van der Waals surface area contributed by atoms with Crippen LogP contribution in [0.15, 0.2) is 11.6 Å². The fourth-order valence-electron chi connectivity index (χ4n) is 4.05. The van der Waals surface area contributed by atoms with Crippen molar-refractivity contribution in [3.05, 3.63) is 11.6 Å². The van der Waals surface area contributed by atoms with Gasteiger partial charge in [0.15, 0.2) is 0 Å². The Bertz CT molecular complexity index is 301. The van der Waals surface area contributed by atoms with Gasteiger partial charge in [-0.25, -0.2) is 0 Å². The first-order valence-electron chi connectivity index (χ1n) is 7.53. The zero-order valence-electron chi connectivity index (χ0n) is 12.4. The molecule has 0 radical (unpaired) electrons. The second-order valence-electron chi connectivity index (χ2n) is 6.77. The first kappa shape index (κ1) is 13.1. The molecule has 0 heterocycles. The lowest BCUT2D eigenvalue weighted by Crippen LogP contribution is -2.54. The number of fused-ring (bicyclic) bond motifs is 1. The van der Waals surface area contributed by atoms with E-state index >= 15 is 0 Å². The lowest BCUT2D eigenvalue weighted by atomic mass is 9.49. The molecule has 1 fully saturated rings. The molecule has 2 bridgehead atoms. The largest absolute Gasteiger partial charge is 0.321 e. The Labute approximate surface area is 107 Å². The molecular weight excluding hydrogens is 206 g/mol. The van der Waals surface area contributed by atoms with E-state index in [1.165, 1.54) is 43.5 Å². The SMILES string of the molecule is CC[N+](CC)(CC)CC1=CCC2CC1C2(C)C. The summed E-state index contributed by atoms with van der Waals surface area (Å²) in [7, 11) is 0. The van der Waals surface area contributed by atoms with Crippen LogP contribution >= 0.6 is 0 Å². The third-order valence-corrected chi connectivity index (χ3v) is 6.11. The van der Waals surface area contributed by atoms with E-state index in [-0.39, 0.29) is 0 Å². The molecule has 17 heavy (non-hydrogen) atoms. The van der Waals surface area contributed by atoms with Crippen LogP contribution in [-0.4, -0.2) is 30.7 Å². The van der Waals surface area contributed by atoms with Gasteiger partial charge in [0.25, 0.3) is 0 Å². The average Bonchev–Trinajstić information content (AvgIpc) is 2.36. The maximum atomic E-state index is 2.58. The lowest BCUT2D eigenvalue weighted by molar-refractivity contribution is -0.919. The number of hydrogen-bond donors (Lipinski definition) is 0. The zero-order valence-corrected chi connectivity index (χ0v) is 12.4. The van der Waals surface area contributed by atoms with E-state index in [0.29, 0.717) is 5.41 Å². The van der Waals surface area contributed by atoms with Crippen LogP contribution in [0.3, 0.4) is 0 Å². The summed E-state index contributed by atoms with van der Waals surface area (Å²) < 4.78 is 1.28. The van der Waals surface area contributed by atoms with Crippen LogP contribution in [0, 0.1) is 17.3 Å². The molecule has 1 nitrogen and oxygen atoms in total. The minimum atomic E-state index is 0.592. The number of rotatable bonds is 5. The van der Waals surface area contributed by atoms with Gasteiger partial charge in [-0.05, 0) is 56.4 Å². The van der Waals surface area contributed by atoms with Gasteiger partial charge in [-0.3, -0.25) is 0 Å². The van der Waals surface area contributed by atoms with E-state index in [1.54, 1.807) is 5.57 Å². The maximum absolute atomic E-state index is 2.58. The topological polar surface area (TPSA) is 0 Å². The molecule has 0 spiro atoms. The van der Waals surface area contributed by atoms with Gasteiger partial charge in [0.1, 0.15) is 6.54 Å². The summed E-state index contributed by atoms with van der Waals surface area (Å²) in [6.07, 6.45) is 5.39. The quantitative estimate of drug-likeness (QED) is 0.502. The highest BCUT2D eigenvalue weighted by atomic mass is 15.3. The number of hydrogen-bond acceptors (Lipinski definition) is 0. The highest BCUT2D eigenvalue weighted by Crippen LogP contribution is 2.59. The minimum Gasteiger partial charge on any atom is -0.321 e. The monoisotopic (exact) mass is 236 g/mol. The van der Waals surface area contributed by atoms with Crippen LogP contribution in [0.2, 0.25) is 0 Å². The van der Waals surface area contributed by atoms with Gasteiger partial charge in [-0.2, -0.15) is 0 Å². The van der Waals surface area contributed by atoms with Crippen molar-refractivity contribution in [1.29, 1.82) is 0 Å². The third-order valence-electron chi connectivity index (χ3n) is 6.11. The van der Waals surface area contributed by atoms with Crippen LogP contribution < -0.4 is 0 Å². The van der Waals surface area contributed by atoms with Crippen molar-refractivity contribution in [2.75, 3.05) is 26.2 Å². The molecular formula is C16H30N+. The Morgan fingerprint density at radius 2 is 1.76 bits per heavy atom. The smallest absolute Gasteiger partial charge is 0.101 e. The van der Waals surface area contributed by atoms with Crippen LogP contribution in [0.25, 0.3) is 0 Å². The Morgan fingerprint density at radius 1 is 1.18 bits per heavy atom. The standard InChI is InChI=1S/C16H30N/c1-6-17(7-2,8-3)12-13-9-10-14-11-15(13)16(14,4)5/h9,14-15H,6-8,10-12H2,1-5H3/q+1. The van der Waals surface area contributed by atoms with E-state index in [0.717, 1.165) is 11.8 Å². The highest BCUT2D eigenvalue weighted by Gasteiger charge is 2.52. The molecule has 1 saturated carbocycles. The predicted molar refractivity (Wildman–Crippen MR) is 74.8 cm³/mol. The van der Waals surface area contributed by atoms with Crippen molar-refractivity contribution in [3.8, 4) is 0 Å². The highest BCUT2D eigenvalue weighted by molar-refractivity contribution is 5.23. The van der Waals surface area contributed by atoms with Gasteiger partial charge in [0.05, 0.1) is 19.6 Å². The first-order valence-corrected chi connectivity index (χ1v) is 7.53. The third kappa shape index (κ3) is 1.97. The molecule has 0 saturated heterocycles. The summed E-state index contributed by atoms with van der Waals surface area (Å²) in [5.41, 5.74) is 2.37. The fourth-order valence-corrected chi connectivity index (χ4v) is 4.05. The molecule has 2 atom stereocenters. The predicted octanol–water partition coefficient (Wildman–Crippen LogP) is 3.86. The van der Waals surface area contributed by atoms with Gasteiger partial charge >= 0.3 is 0 Å². The van der Waals surface area contributed by atoms with E-state index < -0.39 is 0 Å². The van der Waals surface area contributed by atoms with Crippen molar-refractivity contribution in [1.82, 2.24) is 0 Å². The molecule has 0 aromatic rings. The number of allylic oxidation sites excluding steroid dienone is 1. The summed E-state index contributed by atoms with van der Waals surface area (Å²) in [6, 6.07) is 0. The Kier molecular flexibility index (Phi) is 3.42. The van der Waals surface area contributed by atoms with Crippen molar-refractivity contribution in [2.45, 2.75) is 47.5 Å². The molecule has 2 unspecified atom stereocenters. The molecule has 0 amide bonds. The first-order chi connectivity index (χ1) is 7.99. The summed E-state index contributed by atoms with van der Waals surface area (Å²) in [4.78, 5) is 0. The van der Waals surface area contributed by atoms with Crippen molar-refractivity contribution < 1.29 is 4.48 Å². The molecule has 3 aliphatic rings. The maximum Gasteiger partial charge on any atom is 0.101 e. The molecule has 0 N–H and O–H groups in total. The van der Waals surface area contributed by atoms with Crippen LogP contribution in [0.5, 0.6) is 0 Å². The van der Waals surface area contributed by atoms with Gasteiger partial charge in [-0.15, -0.1) is 0 Å². The molecule has 98 valence electrons. The second kappa shape index (κ2) is 4.42. The summed E-state index contributed by atoms with van der Waals surface area (Å²) >= 11 is 0. The molecule has 0 aromatic heterocycles. The molecule has 3 rings (SSSR count). The summed E-state index contributed by atoms with van der Waals surface area (Å²) in [5, 5.41) is 0. The molecule has 0 aromatic carbocycles. The van der Waals surface area contributed by atoms with Gasteiger partial charge in [0, 0.05) is 0 Å². The van der Waals surface area contributed by atoms with Crippen molar-refractivity contribution in [2.24, 2.45) is 17.3 Å². The Balaban J connectivity index is 2.12. The van der Waals surface area contributed by atoms with Crippen molar-refractivity contribution >= 4 is 0 Å². The molecule has 1 heteroatoms. The number of quaternary nitrogens is 1. The lowest BCUT2D eigenvalue weighted by Gasteiger charge is -2.57. The van der Waals surface area contributed by atoms with Crippen LogP contribution in [0.4, 0.5) is 0 Å². The van der Waals surface area contributed by atoms with Crippen LogP contribution in [0.1, 0.15) is 47.5 Å². The van der Waals surface area contributed by atoms with E-state index in [9.17, 15) is 0 Å². The number of nitrogens with zero attached hydrogens (tertiary/aromatic N) is 1. The van der Waals surface area contributed by atoms with E-state index in [1.807, 2.05) is 0 Å². The minimum absolute atomic E-state index is 0.592. The zero-order chi connectivity index (χ0) is 12.7. The number of likely N-dealkylation sites (N-methyl/N-ethyl adjacent to an activating group) is 1.